The predicted molar refractivity (Wildman–Crippen MR) is 196 cm³/mol. The van der Waals surface area contributed by atoms with Gasteiger partial charge in [-0.15, -0.1) is 0 Å². The average Bonchev–Trinajstić information content (AvgIpc) is 3.47. The third kappa shape index (κ3) is 9.08. The minimum Gasteiger partial charge on any atom is -0.444 e. The quantitative estimate of drug-likeness (QED) is 0.296. The molecular formula is C38H52Br2N4O4. The van der Waals surface area contributed by atoms with Gasteiger partial charge in [-0.3, -0.25) is 14.7 Å². The van der Waals surface area contributed by atoms with Crippen molar-refractivity contribution in [3.63, 3.8) is 0 Å². The summed E-state index contributed by atoms with van der Waals surface area (Å²) in [7, 11) is 2.24. The number of halogens is 2. The molecule has 3 aliphatic heterocycles. The molecule has 2 atom stereocenters. The molecule has 48 heavy (non-hydrogen) atoms. The number of ether oxygens (including phenoxy) is 1. The molecule has 0 saturated carbocycles. The minimum atomic E-state index is -0.555. The fourth-order valence-corrected chi connectivity index (χ4v) is 9.12. The Balaban J connectivity index is 0.000000189. The molecule has 3 fully saturated rings. The van der Waals surface area contributed by atoms with Crippen molar-refractivity contribution in [2.45, 2.75) is 103 Å². The molecule has 8 nitrogen and oxygen atoms in total. The van der Waals surface area contributed by atoms with Gasteiger partial charge in [-0.2, -0.15) is 0 Å². The van der Waals surface area contributed by atoms with E-state index in [0.29, 0.717) is 50.2 Å². The van der Waals surface area contributed by atoms with Gasteiger partial charge in [-0.05, 0) is 161 Å². The van der Waals surface area contributed by atoms with Crippen LogP contribution in [0.2, 0.25) is 0 Å². The van der Waals surface area contributed by atoms with Gasteiger partial charge in [0.1, 0.15) is 17.9 Å². The molecule has 1 unspecified atom stereocenters. The van der Waals surface area contributed by atoms with Crippen LogP contribution in [0.4, 0.5) is 4.79 Å². The van der Waals surface area contributed by atoms with Gasteiger partial charge in [0.05, 0.1) is 5.69 Å². The topological polar surface area (TPSA) is 83.0 Å². The zero-order valence-electron chi connectivity index (χ0n) is 29.3. The number of aldehydes is 1. The van der Waals surface area contributed by atoms with E-state index in [-0.39, 0.29) is 5.91 Å². The van der Waals surface area contributed by atoms with Gasteiger partial charge in [0.15, 0.2) is 0 Å². The lowest BCUT2D eigenvalue weighted by molar-refractivity contribution is -0.137. The number of hydrogen-bond donors (Lipinski definition) is 0. The summed E-state index contributed by atoms with van der Waals surface area (Å²) in [5.41, 5.74) is 6.51. The molecule has 10 heteroatoms. The number of piperidine rings is 2. The highest BCUT2D eigenvalue weighted by Crippen LogP contribution is 2.45. The van der Waals surface area contributed by atoms with Gasteiger partial charge in [0, 0.05) is 47.1 Å². The third-order valence-electron chi connectivity index (χ3n) is 10.4. The number of aryl methyl sites for hydroxylation is 3. The lowest BCUT2D eigenvalue weighted by atomic mass is 9.76. The Morgan fingerprint density at radius 3 is 2.31 bits per heavy atom. The van der Waals surface area contributed by atoms with Crippen LogP contribution >= 0.6 is 31.9 Å². The molecule has 0 bridgehead atoms. The van der Waals surface area contributed by atoms with E-state index in [0.717, 1.165) is 42.9 Å². The monoisotopic (exact) mass is 786 g/mol. The molecule has 0 spiro atoms. The standard InChI is InChI=1S/C21H24Br2N2.C17H28N2O4/c1-13-9-15-3-4-16-11-17(22)12-24-21(16)20(19(15)18(23)10-13)14-5-7-25(2)8-6-14;1-17(2,3)23-16(22)19-9-4-5-14(19)15(21)18-10-6-13(7-11-18)8-12-20/h9-12,14,20H,3-8H2,1-2H3;12-14H,4-11H2,1-3H3/t;14-/m.0/s1. The fraction of sp³-hybridized carbons (Fsp3) is 0.632. The highest BCUT2D eigenvalue weighted by atomic mass is 79.9. The summed E-state index contributed by atoms with van der Waals surface area (Å²) in [6.45, 7) is 12.0. The normalized spacial score (nSPS) is 22.2. The number of fused-ring (bicyclic) bond motifs is 2. The van der Waals surface area contributed by atoms with Crippen molar-refractivity contribution in [2.75, 3.05) is 39.8 Å². The number of carbonyl (C=O) groups is 3. The summed E-state index contributed by atoms with van der Waals surface area (Å²) in [5.74, 6) is 1.49. The Labute approximate surface area is 303 Å². The van der Waals surface area contributed by atoms with E-state index >= 15 is 0 Å². The second-order valence-corrected chi connectivity index (χ2v) is 16.9. The zero-order chi connectivity index (χ0) is 34.6. The van der Waals surface area contributed by atoms with Crippen LogP contribution in [0.15, 0.2) is 33.3 Å². The van der Waals surface area contributed by atoms with Gasteiger partial charge in [-0.25, -0.2) is 4.79 Å². The van der Waals surface area contributed by atoms with Gasteiger partial charge in [0.25, 0.3) is 0 Å². The molecule has 1 aliphatic carbocycles. The molecule has 1 aromatic heterocycles. The predicted octanol–water partition coefficient (Wildman–Crippen LogP) is 7.70. The van der Waals surface area contributed by atoms with Crippen molar-refractivity contribution < 1.29 is 19.1 Å². The van der Waals surface area contributed by atoms with E-state index in [1.54, 1.807) is 4.90 Å². The zero-order valence-corrected chi connectivity index (χ0v) is 32.4. The van der Waals surface area contributed by atoms with Crippen LogP contribution in [0.1, 0.15) is 99.6 Å². The van der Waals surface area contributed by atoms with Crippen molar-refractivity contribution in [1.29, 1.82) is 0 Å². The Bertz CT molecular complexity index is 1460. The van der Waals surface area contributed by atoms with Crippen LogP contribution in [0.3, 0.4) is 0 Å². The Hall–Kier alpha value is -2.30. The Kier molecular flexibility index (Phi) is 12.4. The third-order valence-corrected chi connectivity index (χ3v) is 11.4. The summed E-state index contributed by atoms with van der Waals surface area (Å²) >= 11 is 7.53. The highest BCUT2D eigenvalue weighted by molar-refractivity contribution is 9.10. The van der Waals surface area contributed by atoms with E-state index in [1.807, 2.05) is 31.9 Å². The van der Waals surface area contributed by atoms with Crippen molar-refractivity contribution in [1.82, 2.24) is 19.7 Å². The van der Waals surface area contributed by atoms with Crippen LogP contribution in [-0.4, -0.2) is 89.4 Å². The number of aromatic nitrogens is 1. The van der Waals surface area contributed by atoms with Crippen molar-refractivity contribution >= 4 is 50.1 Å². The Morgan fingerprint density at radius 2 is 1.65 bits per heavy atom. The van der Waals surface area contributed by atoms with Crippen molar-refractivity contribution in [3.05, 3.63) is 61.3 Å². The summed E-state index contributed by atoms with van der Waals surface area (Å²) in [6.07, 6.45) is 11.1. The lowest BCUT2D eigenvalue weighted by Gasteiger charge is -2.35. The first-order valence-corrected chi connectivity index (χ1v) is 19.3. The van der Waals surface area contributed by atoms with Crippen LogP contribution in [0.5, 0.6) is 0 Å². The van der Waals surface area contributed by atoms with E-state index in [1.165, 1.54) is 58.4 Å². The summed E-state index contributed by atoms with van der Waals surface area (Å²) in [6, 6.07) is 6.57. The minimum absolute atomic E-state index is 0.0258. The highest BCUT2D eigenvalue weighted by Gasteiger charge is 2.39. The molecule has 2 aromatic rings. The molecule has 4 aliphatic rings. The number of rotatable bonds is 4. The molecule has 0 N–H and O–H groups in total. The maximum atomic E-state index is 12.8. The second kappa shape index (κ2) is 16.2. The number of pyridine rings is 1. The first-order valence-electron chi connectivity index (χ1n) is 17.7. The van der Waals surface area contributed by atoms with Crippen molar-refractivity contribution in [3.8, 4) is 0 Å². The number of carbonyl (C=O) groups excluding carboxylic acids is 3. The second-order valence-electron chi connectivity index (χ2n) is 15.1. The average molecular weight is 789 g/mol. The van der Waals surface area contributed by atoms with Crippen LogP contribution in [0, 0.1) is 18.8 Å². The van der Waals surface area contributed by atoms with E-state index in [4.69, 9.17) is 9.72 Å². The van der Waals surface area contributed by atoms with E-state index in [9.17, 15) is 14.4 Å². The Morgan fingerprint density at radius 1 is 0.958 bits per heavy atom. The van der Waals surface area contributed by atoms with Crippen LogP contribution in [0.25, 0.3) is 0 Å². The molecular weight excluding hydrogens is 736 g/mol. The SMILES string of the molecule is CC(C)(C)OC(=O)N1CCC[C@H]1C(=O)N1CCC(CC=O)CC1.Cc1cc(Br)c2c(c1)CCc1cc(Br)cnc1C2C1CCN(C)CC1. The molecule has 3 saturated heterocycles. The first-order chi connectivity index (χ1) is 22.8. The number of amides is 2. The number of benzene rings is 1. The molecule has 6 rings (SSSR count). The van der Waals surface area contributed by atoms with Gasteiger partial charge in [0.2, 0.25) is 5.91 Å². The van der Waals surface area contributed by atoms with E-state index < -0.39 is 17.7 Å². The molecule has 4 heterocycles. The largest absolute Gasteiger partial charge is 0.444 e. The van der Waals surface area contributed by atoms with Crippen LogP contribution in [-0.2, 0) is 27.2 Å². The van der Waals surface area contributed by atoms with Gasteiger partial charge >= 0.3 is 6.09 Å². The van der Waals surface area contributed by atoms with Gasteiger partial charge < -0.3 is 19.3 Å². The number of nitrogens with zero attached hydrogens (tertiary/aromatic N) is 4. The molecule has 0 radical (unpaired) electrons. The number of likely N-dealkylation sites (tertiary alicyclic amines) is 3. The summed E-state index contributed by atoms with van der Waals surface area (Å²) in [5, 5.41) is 0. The maximum absolute atomic E-state index is 12.8. The molecule has 262 valence electrons. The van der Waals surface area contributed by atoms with Crippen molar-refractivity contribution in [2.24, 2.45) is 11.8 Å². The lowest BCUT2D eigenvalue weighted by Crippen LogP contribution is -2.50. The first kappa shape index (κ1) is 37.0. The molecule has 2 amide bonds. The van der Waals surface area contributed by atoms with E-state index in [2.05, 4.69) is 68.9 Å². The fourth-order valence-electron chi connectivity index (χ4n) is 7.88. The molecule has 1 aromatic carbocycles. The summed E-state index contributed by atoms with van der Waals surface area (Å²) < 4.78 is 7.78. The maximum Gasteiger partial charge on any atom is 0.410 e. The summed E-state index contributed by atoms with van der Waals surface area (Å²) in [4.78, 5) is 46.4. The van der Waals surface area contributed by atoms with Gasteiger partial charge in [-0.1, -0.05) is 22.0 Å². The van der Waals surface area contributed by atoms with Crippen LogP contribution < -0.4 is 0 Å². The smallest absolute Gasteiger partial charge is 0.410 e. The number of hydrogen-bond acceptors (Lipinski definition) is 6.